The minimum atomic E-state index is -4.74. The van der Waals surface area contributed by atoms with Crippen molar-refractivity contribution in [3.63, 3.8) is 0 Å². The van der Waals surface area contributed by atoms with Crippen LogP contribution < -0.4 is 9.47 Å². The number of hydrogen-bond donors (Lipinski definition) is 1. The number of halogens is 3. The molecule has 140 valence electrons. The second-order valence-corrected chi connectivity index (χ2v) is 5.38. The number of hydrogen-bond acceptors (Lipinski definition) is 4. The maximum absolute atomic E-state index is 13.3. The normalized spacial score (nSPS) is 12.5. The predicted molar refractivity (Wildman–Crippen MR) is 87.5 cm³/mol. The van der Waals surface area contributed by atoms with Gasteiger partial charge in [0.1, 0.15) is 17.6 Å². The lowest BCUT2D eigenvalue weighted by molar-refractivity contribution is -0.139. The van der Waals surface area contributed by atoms with E-state index in [1.54, 1.807) is 19.1 Å². The molecule has 2 rings (SSSR count). The highest BCUT2D eigenvalue weighted by Crippen LogP contribution is 2.39. The number of nitrogens with zero attached hydrogens (tertiary/aromatic N) is 1. The molecule has 8 heteroatoms. The van der Waals surface area contributed by atoms with Crippen LogP contribution >= 0.6 is 0 Å². The van der Waals surface area contributed by atoms with Crippen molar-refractivity contribution < 1.29 is 32.5 Å². The molecule has 1 heterocycles. The van der Waals surface area contributed by atoms with E-state index in [4.69, 9.17) is 14.6 Å². The maximum Gasteiger partial charge on any atom is 0.419 e. The van der Waals surface area contributed by atoms with Gasteiger partial charge in [0.15, 0.2) is 0 Å². The molecule has 0 aliphatic carbocycles. The number of carboxylic acids is 1. The molecule has 1 unspecified atom stereocenters. The lowest BCUT2D eigenvalue weighted by Gasteiger charge is -2.21. The number of carbonyl (C=O) groups is 1. The lowest BCUT2D eigenvalue weighted by Crippen LogP contribution is -2.14. The van der Waals surface area contributed by atoms with Crippen LogP contribution in [0.2, 0.25) is 0 Å². The summed E-state index contributed by atoms with van der Waals surface area (Å²) >= 11 is 0. The minimum Gasteiger partial charge on any atom is -0.492 e. The van der Waals surface area contributed by atoms with E-state index in [1.807, 2.05) is 6.92 Å². The molecule has 1 aromatic carbocycles. The summed E-state index contributed by atoms with van der Waals surface area (Å²) in [6.07, 6.45) is -3.62. The van der Waals surface area contributed by atoms with Gasteiger partial charge >= 0.3 is 12.1 Å². The maximum atomic E-state index is 13.3. The van der Waals surface area contributed by atoms with Crippen molar-refractivity contribution in [2.45, 2.75) is 32.5 Å². The Bertz CT molecular complexity index is 760. The SMILES string of the molecule is CCOc1ccc(C(CC)Oc2ccc(C(=O)O)cc2C(F)(F)F)nc1. The fraction of sp³-hybridized carbons (Fsp3) is 0.333. The molecule has 0 radical (unpaired) electrons. The van der Waals surface area contributed by atoms with E-state index >= 15 is 0 Å². The predicted octanol–water partition coefficient (Wildman–Crippen LogP) is 4.73. The van der Waals surface area contributed by atoms with Gasteiger partial charge in [-0.2, -0.15) is 13.2 Å². The van der Waals surface area contributed by atoms with Gasteiger partial charge in [-0.25, -0.2) is 4.79 Å². The summed E-state index contributed by atoms with van der Waals surface area (Å²) in [5, 5.41) is 8.91. The first-order valence-electron chi connectivity index (χ1n) is 7.96. The van der Waals surface area contributed by atoms with Crippen molar-refractivity contribution >= 4 is 5.97 Å². The largest absolute Gasteiger partial charge is 0.492 e. The monoisotopic (exact) mass is 369 g/mol. The van der Waals surface area contributed by atoms with Crippen LogP contribution in [0.1, 0.15) is 48.0 Å². The van der Waals surface area contributed by atoms with Gasteiger partial charge in [-0.1, -0.05) is 6.92 Å². The Morgan fingerprint density at radius 3 is 2.46 bits per heavy atom. The van der Waals surface area contributed by atoms with Crippen LogP contribution in [0.5, 0.6) is 11.5 Å². The average Bonchev–Trinajstić information content (AvgIpc) is 2.60. The van der Waals surface area contributed by atoms with Crippen molar-refractivity contribution in [2.24, 2.45) is 0 Å². The number of benzene rings is 1. The highest BCUT2D eigenvalue weighted by atomic mass is 19.4. The van der Waals surface area contributed by atoms with E-state index in [2.05, 4.69) is 4.98 Å². The summed E-state index contributed by atoms with van der Waals surface area (Å²) in [4.78, 5) is 15.1. The zero-order chi connectivity index (χ0) is 19.3. The van der Waals surface area contributed by atoms with Gasteiger partial charge in [0.25, 0.3) is 0 Å². The number of aromatic nitrogens is 1. The molecule has 1 aromatic heterocycles. The third-order valence-corrected chi connectivity index (χ3v) is 3.57. The summed E-state index contributed by atoms with van der Waals surface area (Å²) in [5.41, 5.74) is -1.15. The molecular weight excluding hydrogens is 351 g/mol. The quantitative estimate of drug-likeness (QED) is 0.764. The molecule has 0 amide bonds. The first kappa shape index (κ1) is 19.6. The molecule has 5 nitrogen and oxygen atoms in total. The van der Waals surface area contributed by atoms with Crippen LogP contribution in [-0.2, 0) is 6.18 Å². The van der Waals surface area contributed by atoms with Gasteiger partial charge in [-0.3, -0.25) is 4.98 Å². The molecule has 0 bridgehead atoms. The fourth-order valence-corrected chi connectivity index (χ4v) is 2.33. The van der Waals surface area contributed by atoms with Gasteiger partial charge in [0.2, 0.25) is 0 Å². The van der Waals surface area contributed by atoms with E-state index in [9.17, 15) is 18.0 Å². The first-order valence-corrected chi connectivity index (χ1v) is 7.96. The third-order valence-electron chi connectivity index (χ3n) is 3.57. The zero-order valence-corrected chi connectivity index (χ0v) is 14.2. The number of ether oxygens (including phenoxy) is 2. The number of rotatable bonds is 7. The number of pyridine rings is 1. The summed E-state index contributed by atoms with van der Waals surface area (Å²) in [6, 6.07) is 5.94. The van der Waals surface area contributed by atoms with E-state index in [0.717, 1.165) is 12.1 Å². The highest BCUT2D eigenvalue weighted by Gasteiger charge is 2.36. The van der Waals surface area contributed by atoms with Crippen molar-refractivity contribution in [2.75, 3.05) is 6.61 Å². The van der Waals surface area contributed by atoms with Gasteiger partial charge < -0.3 is 14.6 Å². The lowest BCUT2D eigenvalue weighted by atomic mass is 10.1. The molecule has 0 aliphatic rings. The van der Waals surface area contributed by atoms with Crippen LogP contribution in [0.15, 0.2) is 36.5 Å². The van der Waals surface area contributed by atoms with Crippen molar-refractivity contribution in [1.29, 1.82) is 0 Å². The molecule has 2 aromatic rings. The van der Waals surface area contributed by atoms with Crippen LogP contribution in [0, 0.1) is 0 Å². The van der Waals surface area contributed by atoms with Crippen LogP contribution in [-0.4, -0.2) is 22.7 Å². The Morgan fingerprint density at radius 2 is 1.96 bits per heavy atom. The third kappa shape index (κ3) is 4.65. The summed E-state index contributed by atoms with van der Waals surface area (Å²) < 4.78 is 50.7. The van der Waals surface area contributed by atoms with E-state index in [0.29, 0.717) is 30.5 Å². The second-order valence-electron chi connectivity index (χ2n) is 5.38. The molecule has 0 saturated heterocycles. The Labute approximate surface area is 148 Å². The molecule has 1 N–H and O–H groups in total. The second kappa shape index (κ2) is 8.07. The zero-order valence-electron chi connectivity index (χ0n) is 14.2. The Balaban J connectivity index is 2.33. The molecular formula is C18H18F3NO4. The van der Waals surface area contributed by atoms with Crippen molar-refractivity contribution in [1.82, 2.24) is 4.98 Å². The fourth-order valence-electron chi connectivity index (χ4n) is 2.33. The van der Waals surface area contributed by atoms with Crippen LogP contribution in [0.4, 0.5) is 13.2 Å². The number of aromatic carboxylic acids is 1. The molecule has 0 aliphatic heterocycles. The van der Waals surface area contributed by atoms with Crippen LogP contribution in [0.3, 0.4) is 0 Å². The van der Waals surface area contributed by atoms with Gasteiger partial charge in [0.05, 0.1) is 29.6 Å². The standard InChI is InChI=1S/C18H18F3NO4/c1-3-15(14-7-6-12(10-22-14)25-4-2)26-16-8-5-11(17(23)24)9-13(16)18(19,20)21/h5-10,15H,3-4H2,1-2H3,(H,23,24). The molecule has 26 heavy (non-hydrogen) atoms. The van der Waals surface area contributed by atoms with Gasteiger partial charge in [-0.05, 0) is 43.7 Å². The molecule has 1 atom stereocenters. The molecule has 0 spiro atoms. The van der Waals surface area contributed by atoms with Gasteiger partial charge in [-0.15, -0.1) is 0 Å². The first-order chi connectivity index (χ1) is 12.3. The number of alkyl halides is 3. The summed E-state index contributed by atoms with van der Waals surface area (Å²) in [6.45, 7) is 4.05. The highest BCUT2D eigenvalue weighted by molar-refractivity contribution is 5.88. The Morgan fingerprint density at radius 1 is 1.23 bits per heavy atom. The van der Waals surface area contributed by atoms with Crippen molar-refractivity contribution in [3.05, 3.63) is 53.3 Å². The minimum absolute atomic E-state index is 0.374. The molecule has 0 saturated carbocycles. The van der Waals surface area contributed by atoms with Crippen molar-refractivity contribution in [3.8, 4) is 11.5 Å². The van der Waals surface area contributed by atoms with E-state index in [-0.39, 0.29) is 0 Å². The van der Waals surface area contributed by atoms with Gasteiger partial charge in [0, 0.05) is 0 Å². The smallest absolute Gasteiger partial charge is 0.419 e. The Kier molecular flexibility index (Phi) is 6.07. The summed E-state index contributed by atoms with van der Waals surface area (Å²) in [5.74, 6) is -1.33. The van der Waals surface area contributed by atoms with Crippen LogP contribution in [0.25, 0.3) is 0 Å². The number of carboxylic acid groups (broad SMARTS) is 1. The average molecular weight is 369 g/mol. The Hall–Kier alpha value is -2.77. The summed E-state index contributed by atoms with van der Waals surface area (Å²) in [7, 11) is 0. The topological polar surface area (TPSA) is 68.7 Å². The van der Waals surface area contributed by atoms with E-state index < -0.39 is 35.1 Å². The molecule has 0 fully saturated rings. The van der Waals surface area contributed by atoms with E-state index in [1.165, 1.54) is 6.20 Å².